The van der Waals surface area contributed by atoms with Crippen LogP contribution >= 0.6 is 0 Å². The molecule has 0 aliphatic rings. The molecule has 0 radical (unpaired) electrons. The minimum absolute atomic E-state index is 0.0128. The van der Waals surface area contributed by atoms with E-state index >= 15 is 0 Å². The van der Waals surface area contributed by atoms with Crippen molar-refractivity contribution in [3.05, 3.63) is 28.7 Å². The fraction of sp³-hybridized carbons (Fsp3) is 0.300. The van der Waals surface area contributed by atoms with Crippen LogP contribution in [0, 0.1) is 0 Å². The molecule has 2 rings (SSSR count). The van der Waals surface area contributed by atoms with Crippen molar-refractivity contribution >= 4 is 21.1 Å². The number of alkyl halides is 3. The van der Waals surface area contributed by atoms with Crippen LogP contribution < -0.4 is 10.6 Å². The number of halogens is 3. The van der Waals surface area contributed by atoms with Crippen molar-refractivity contribution in [2.75, 3.05) is 6.61 Å². The largest absolute Gasteiger partial charge is 0.419 e. The van der Waals surface area contributed by atoms with Gasteiger partial charge in [0.15, 0.2) is 12.2 Å². The van der Waals surface area contributed by atoms with Crippen molar-refractivity contribution in [3.8, 4) is 0 Å². The van der Waals surface area contributed by atoms with Gasteiger partial charge in [-0.05, 0) is 12.1 Å². The normalized spacial score (nSPS) is 13.0. The van der Waals surface area contributed by atoms with E-state index in [9.17, 15) is 26.4 Å². The van der Waals surface area contributed by atoms with Gasteiger partial charge in [0.25, 0.3) is 10.0 Å². The molecule has 0 atom stereocenters. The predicted molar refractivity (Wildman–Crippen MR) is 63.8 cm³/mol. The average Bonchev–Trinajstić information content (AvgIpc) is 2.63. The minimum Gasteiger partial charge on any atom is -0.408 e. The topological polar surface area (TPSA) is 90.5 Å². The molecule has 0 saturated carbocycles. The molecule has 2 aromatic rings. The first kappa shape index (κ1) is 15.5. The first-order chi connectivity index (χ1) is 9.60. The molecule has 0 spiro atoms. The summed E-state index contributed by atoms with van der Waals surface area (Å²) < 4.78 is 65.0. The fourth-order valence-corrected chi connectivity index (χ4v) is 2.34. The van der Waals surface area contributed by atoms with Crippen LogP contribution in [0.2, 0.25) is 0 Å². The van der Waals surface area contributed by atoms with E-state index < -0.39 is 33.5 Å². The van der Waals surface area contributed by atoms with Crippen molar-refractivity contribution in [3.63, 3.8) is 0 Å². The highest BCUT2D eigenvalue weighted by Crippen LogP contribution is 2.18. The zero-order valence-corrected chi connectivity index (χ0v) is 11.3. The molecule has 0 unspecified atom stereocenters. The number of rotatable bonds is 4. The molecule has 21 heavy (non-hydrogen) atoms. The van der Waals surface area contributed by atoms with Crippen LogP contribution in [0.5, 0.6) is 0 Å². The lowest BCUT2D eigenvalue weighted by atomic mass is 10.3. The molecular formula is C10H9F3N2O5S. The van der Waals surface area contributed by atoms with Gasteiger partial charge in [0.2, 0.25) is 0 Å². The molecule has 0 amide bonds. The first-order valence-electron chi connectivity index (χ1n) is 5.40. The molecule has 0 aliphatic carbocycles. The summed E-state index contributed by atoms with van der Waals surface area (Å²) >= 11 is 0. The molecule has 11 heteroatoms. The Morgan fingerprint density at radius 2 is 2.05 bits per heavy atom. The Bertz CT molecular complexity index is 821. The van der Waals surface area contributed by atoms with E-state index in [2.05, 4.69) is 4.84 Å². The van der Waals surface area contributed by atoms with Gasteiger partial charge < -0.3 is 4.42 Å². The van der Waals surface area contributed by atoms with Gasteiger partial charge in [0.05, 0.1) is 10.4 Å². The first-order valence-corrected chi connectivity index (χ1v) is 6.88. The molecule has 0 bridgehead atoms. The smallest absolute Gasteiger partial charge is 0.408 e. The van der Waals surface area contributed by atoms with Crippen LogP contribution in [-0.2, 0) is 21.9 Å². The van der Waals surface area contributed by atoms with Crippen LogP contribution in [-0.4, -0.2) is 25.8 Å². The van der Waals surface area contributed by atoms with Crippen LogP contribution in [0.15, 0.2) is 32.3 Å². The van der Waals surface area contributed by atoms with Crippen molar-refractivity contribution in [1.82, 2.24) is 9.45 Å². The Hall–Kier alpha value is -1.85. The number of fused-ring (bicyclic) bond motifs is 1. The van der Waals surface area contributed by atoms with Gasteiger partial charge in [-0.1, -0.05) is 4.89 Å². The molecule has 0 fully saturated rings. The number of aromatic nitrogens is 1. The van der Waals surface area contributed by atoms with E-state index in [4.69, 9.17) is 4.42 Å². The minimum atomic E-state index is -4.67. The number of hydrogen-bond acceptors (Lipinski definition) is 5. The Labute approximate surface area is 115 Å². The molecule has 1 heterocycles. The van der Waals surface area contributed by atoms with Gasteiger partial charge in [-0.15, -0.1) is 0 Å². The maximum atomic E-state index is 11.9. The van der Waals surface area contributed by atoms with Crippen LogP contribution in [0.1, 0.15) is 0 Å². The summed E-state index contributed by atoms with van der Waals surface area (Å²) in [6.07, 6.45) is -4.67. The van der Waals surface area contributed by atoms with Crippen molar-refractivity contribution < 1.29 is 30.8 Å². The van der Waals surface area contributed by atoms with E-state index in [1.54, 1.807) is 0 Å². The molecule has 1 N–H and O–H groups in total. The summed E-state index contributed by atoms with van der Waals surface area (Å²) in [6.45, 7) is -1.77. The highest BCUT2D eigenvalue weighted by Gasteiger charge is 2.29. The van der Waals surface area contributed by atoms with Gasteiger partial charge in [-0.2, -0.15) is 13.2 Å². The van der Waals surface area contributed by atoms with Crippen molar-refractivity contribution in [1.29, 1.82) is 0 Å². The number of hydrogen-bond donors (Lipinski definition) is 1. The zero-order chi connectivity index (χ0) is 15.8. The molecular weight excluding hydrogens is 317 g/mol. The third kappa shape index (κ3) is 3.43. The Morgan fingerprint density at radius 1 is 1.38 bits per heavy atom. The van der Waals surface area contributed by atoms with E-state index in [0.717, 1.165) is 16.7 Å². The number of nitrogens with zero attached hydrogens (tertiary/aromatic N) is 1. The van der Waals surface area contributed by atoms with E-state index in [1.807, 2.05) is 0 Å². The third-order valence-corrected chi connectivity index (χ3v) is 3.69. The number of sulfonamides is 1. The molecule has 1 aromatic carbocycles. The second-order valence-electron chi connectivity index (χ2n) is 4.05. The lowest BCUT2D eigenvalue weighted by molar-refractivity contribution is -0.181. The zero-order valence-electron chi connectivity index (χ0n) is 10.5. The SMILES string of the molecule is Cn1c(=O)oc2cc(S(=O)(=O)NOCC(F)(F)F)ccc21. The summed E-state index contributed by atoms with van der Waals surface area (Å²) in [5.41, 5.74) is 0.330. The standard InChI is InChI=1S/C10H9F3N2O5S/c1-15-7-3-2-6(4-8(7)20-9(15)16)21(17,18)14-19-5-10(11,12)13/h2-4,14H,5H2,1H3. The van der Waals surface area contributed by atoms with Crippen LogP contribution in [0.3, 0.4) is 0 Å². The molecule has 116 valence electrons. The second kappa shape index (κ2) is 5.16. The number of nitrogens with one attached hydrogen (secondary N) is 1. The van der Waals surface area contributed by atoms with Gasteiger partial charge in [0.1, 0.15) is 0 Å². The molecule has 0 aliphatic heterocycles. The lowest BCUT2D eigenvalue weighted by Crippen LogP contribution is -2.29. The number of benzene rings is 1. The van der Waals surface area contributed by atoms with Gasteiger partial charge in [-0.25, -0.2) is 13.2 Å². The highest BCUT2D eigenvalue weighted by molar-refractivity contribution is 7.89. The average molecular weight is 326 g/mol. The Kier molecular flexibility index (Phi) is 3.82. The molecule has 0 saturated heterocycles. The van der Waals surface area contributed by atoms with Gasteiger partial charge >= 0.3 is 11.9 Å². The third-order valence-electron chi connectivity index (χ3n) is 2.48. The molecule has 7 nitrogen and oxygen atoms in total. The lowest BCUT2D eigenvalue weighted by Gasteiger charge is -2.09. The Balaban J connectivity index is 2.26. The summed E-state index contributed by atoms with van der Waals surface area (Å²) in [7, 11) is -2.90. The summed E-state index contributed by atoms with van der Waals surface area (Å²) in [6, 6.07) is 3.41. The quantitative estimate of drug-likeness (QED) is 0.843. The maximum Gasteiger partial charge on any atom is 0.419 e. The van der Waals surface area contributed by atoms with Crippen molar-refractivity contribution in [2.45, 2.75) is 11.1 Å². The summed E-state index contributed by atoms with van der Waals surface area (Å²) in [5, 5.41) is 0. The monoisotopic (exact) mass is 326 g/mol. The molecule has 1 aromatic heterocycles. The summed E-state index contributed by atoms with van der Waals surface area (Å²) in [4.78, 5) is 16.1. The van der Waals surface area contributed by atoms with Crippen LogP contribution in [0.4, 0.5) is 13.2 Å². The predicted octanol–water partition coefficient (Wildman–Crippen LogP) is 0.904. The number of aryl methyl sites for hydroxylation is 1. The number of oxazole rings is 1. The van der Waals surface area contributed by atoms with Gasteiger partial charge in [0, 0.05) is 13.1 Å². The second-order valence-corrected chi connectivity index (χ2v) is 5.69. The van der Waals surface area contributed by atoms with Crippen LogP contribution in [0.25, 0.3) is 11.1 Å². The van der Waals surface area contributed by atoms with Gasteiger partial charge in [-0.3, -0.25) is 9.40 Å². The summed E-state index contributed by atoms with van der Waals surface area (Å²) in [5.74, 6) is -0.694. The van der Waals surface area contributed by atoms with E-state index in [0.29, 0.717) is 5.52 Å². The van der Waals surface area contributed by atoms with E-state index in [-0.39, 0.29) is 5.58 Å². The highest BCUT2D eigenvalue weighted by atomic mass is 32.2. The fourth-order valence-electron chi connectivity index (χ4n) is 1.52. The Morgan fingerprint density at radius 3 is 2.67 bits per heavy atom. The maximum absolute atomic E-state index is 11.9. The van der Waals surface area contributed by atoms with E-state index in [1.165, 1.54) is 18.0 Å². The van der Waals surface area contributed by atoms with Crippen molar-refractivity contribution in [2.24, 2.45) is 7.05 Å².